The van der Waals surface area contributed by atoms with E-state index in [-0.39, 0.29) is 5.97 Å². The third-order valence-electron chi connectivity index (χ3n) is 6.04. The first-order chi connectivity index (χ1) is 9.69. The van der Waals surface area contributed by atoms with Crippen molar-refractivity contribution in [2.75, 3.05) is 6.61 Å². The standard InChI is InChI=1S/C18H30O2/c1-2-3-4-5-17(19)20-7-6-18-11-14-8-15(12-18)10-16(9-14)13-18/h14-16H,2-13H2,1H3. The van der Waals surface area contributed by atoms with Gasteiger partial charge in [-0.15, -0.1) is 0 Å². The van der Waals surface area contributed by atoms with E-state index in [0.29, 0.717) is 18.4 Å². The van der Waals surface area contributed by atoms with Gasteiger partial charge in [-0.1, -0.05) is 19.8 Å². The predicted molar refractivity (Wildman–Crippen MR) is 80.3 cm³/mol. The van der Waals surface area contributed by atoms with E-state index in [1.165, 1.54) is 44.9 Å². The second-order valence-corrected chi connectivity index (χ2v) is 7.85. The van der Waals surface area contributed by atoms with Gasteiger partial charge in [-0.2, -0.15) is 0 Å². The number of carbonyl (C=O) groups excluding carboxylic acids is 1. The van der Waals surface area contributed by atoms with Crippen LogP contribution in [0.2, 0.25) is 0 Å². The van der Waals surface area contributed by atoms with Crippen LogP contribution in [0, 0.1) is 23.2 Å². The number of esters is 1. The van der Waals surface area contributed by atoms with E-state index in [0.717, 1.165) is 37.0 Å². The van der Waals surface area contributed by atoms with Crippen molar-refractivity contribution in [1.29, 1.82) is 0 Å². The first-order valence-corrected chi connectivity index (χ1v) is 8.85. The second-order valence-electron chi connectivity index (χ2n) is 7.85. The molecule has 20 heavy (non-hydrogen) atoms. The van der Waals surface area contributed by atoms with Crippen LogP contribution >= 0.6 is 0 Å². The van der Waals surface area contributed by atoms with Crippen molar-refractivity contribution in [2.24, 2.45) is 23.2 Å². The van der Waals surface area contributed by atoms with E-state index in [9.17, 15) is 4.79 Å². The number of unbranched alkanes of at least 4 members (excludes halogenated alkanes) is 2. The van der Waals surface area contributed by atoms with Gasteiger partial charge in [0.15, 0.2) is 0 Å². The molecule has 0 unspecified atom stereocenters. The Morgan fingerprint density at radius 2 is 1.65 bits per heavy atom. The minimum Gasteiger partial charge on any atom is -0.466 e. The van der Waals surface area contributed by atoms with Crippen molar-refractivity contribution in [2.45, 2.75) is 77.6 Å². The van der Waals surface area contributed by atoms with E-state index in [1.54, 1.807) is 0 Å². The average Bonchev–Trinajstić information content (AvgIpc) is 2.37. The molecule has 0 N–H and O–H groups in total. The summed E-state index contributed by atoms with van der Waals surface area (Å²) in [6.07, 6.45) is 13.8. The average molecular weight is 278 g/mol. The predicted octanol–water partition coefficient (Wildman–Crippen LogP) is 4.72. The van der Waals surface area contributed by atoms with Crippen molar-refractivity contribution >= 4 is 5.97 Å². The summed E-state index contributed by atoms with van der Waals surface area (Å²) in [5.41, 5.74) is 0.554. The number of carbonyl (C=O) groups is 1. The topological polar surface area (TPSA) is 26.3 Å². The molecule has 0 spiro atoms. The summed E-state index contributed by atoms with van der Waals surface area (Å²) < 4.78 is 5.49. The molecule has 0 aromatic heterocycles. The largest absolute Gasteiger partial charge is 0.466 e. The van der Waals surface area contributed by atoms with Gasteiger partial charge in [-0.25, -0.2) is 0 Å². The Hall–Kier alpha value is -0.530. The molecule has 0 atom stereocenters. The smallest absolute Gasteiger partial charge is 0.305 e. The molecule has 114 valence electrons. The molecule has 2 heteroatoms. The summed E-state index contributed by atoms with van der Waals surface area (Å²) in [5.74, 6) is 3.03. The molecule has 2 nitrogen and oxygen atoms in total. The maximum Gasteiger partial charge on any atom is 0.305 e. The highest BCUT2D eigenvalue weighted by Crippen LogP contribution is 2.61. The number of hydrogen-bond acceptors (Lipinski definition) is 2. The minimum absolute atomic E-state index is 0.0307. The molecule has 0 radical (unpaired) electrons. The van der Waals surface area contributed by atoms with Crippen LogP contribution in [0.15, 0.2) is 0 Å². The Bertz CT molecular complexity index is 312. The number of hydrogen-bond donors (Lipinski definition) is 0. The van der Waals surface area contributed by atoms with Gasteiger partial charge in [0.2, 0.25) is 0 Å². The Balaban J connectivity index is 1.41. The summed E-state index contributed by atoms with van der Waals surface area (Å²) >= 11 is 0. The highest BCUT2D eigenvalue weighted by Gasteiger charge is 2.50. The van der Waals surface area contributed by atoms with Gasteiger partial charge < -0.3 is 4.74 Å². The van der Waals surface area contributed by atoms with Gasteiger partial charge in [-0.05, 0) is 74.5 Å². The lowest BCUT2D eigenvalue weighted by atomic mass is 9.49. The van der Waals surface area contributed by atoms with Crippen LogP contribution < -0.4 is 0 Å². The molecule has 4 aliphatic carbocycles. The molecule has 0 heterocycles. The maximum absolute atomic E-state index is 11.7. The lowest BCUT2D eigenvalue weighted by Crippen LogP contribution is -2.46. The molecule has 4 fully saturated rings. The van der Waals surface area contributed by atoms with Gasteiger partial charge >= 0.3 is 5.97 Å². The van der Waals surface area contributed by atoms with Crippen LogP contribution in [0.3, 0.4) is 0 Å². The number of ether oxygens (including phenoxy) is 1. The van der Waals surface area contributed by atoms with E-state index >= 15 is 0 Å². The summed E-state index contributed by atoms with van der Waals surface area (Å²) in [6, 6.07) is 0. The van der Waals surface area contributed by atoms with Gasteiger partial charge in [0.1, 0.15) is 0 Å². The third-order valence-corrected chi connectivity index (χ3v) is 6.04. The molecule has 0 saturated heterocycles. The van der Waals surface area contributed by atoms with Gasteiger partial charge in [0, 0.05) is 6.42 Å². The molecule has 0 aliphatic heterocycles. The lowest BCUT2D eigenvalue weighted by Gasteiger charge is -2.57. The monoisotopic (exact) mass is 278 g/mol. The van der Waals surface area contributed by atoms with E-state index in [1.807, 2.05) is 0 Å². The fourth-order valence-corrected chi connectivity index (χ4v) is 5.57. The van der Waals surface area contributed by atoms with Gasteiger partial charge in [-0.3, -0.25) is 4.79 Å². The molecular weight excluding hydrogens is 248 g/mol. The van der Waals surface area contributed by atoms with Crippen molar-refractivity contribution in [3.8, 4) is 0 Å². The molecule has 4 aliphatic rings. The minimum atomic E-state index is 0.0307. The van der Waals surface area contributed by atoms with E-state index in [2.05, 4.69) is 6.92 Å². The highest BCUT2D eigenvalue weighted by molar-refractivity contribution is 5.69. The molecule has 0 aromatic rings. The Morgan fingerprint density at radius 3 is 2.20 bits per heavy atom. The first-order valence-electron chi connectivity index (χ1n) is 8.85. The summed E-state index contributed by atoms with van der Waals surface area (Å²) in [5, 5.41) is 0. The molecule has 4 bridgehead atoms. The van der Waals surface area contributed by atoms with Crippen molar-refractivity contribution < 1.29 is 9.53 Å². The van der Waals surface area contributed by atoms with Gasteiger partial charge in [0.25, 0.3) is 0 Å². The number of rotatable bonds is 7. The maximum atomic E-state index is 11.7. The van der Waals surface area contributed by atoms with Crippen LogP contribution in [-0.4, -0.2) is 12.6 Å². The third kappa shape index (κ3) is 3.20. The fourth-order valence-electron chi connectivity index (χ4n) is 5.57. The molecule has 4 saturated carbocycles. The molecule has 0 aromatic carbocycles. The summed E-state index contributed by atoms with van der Waals surface area (Å²) in [6.45, 7) is 2.84. The van der Waals surface area contributed by atoms with Crippen molar-refractivity contribution in [1.82, 2.24) is 0 Å². The van der Waals surface area contributed by atoms with Crippen LogP contribution in [0.25, 0.3) is 0 Å². The second kappa shape index (κ2) is 6.07. The van der Waals surface area contributed by atoms with E-state index in [4.69, 9.17) is 4.74 Å². The summed E-state index contributed by atoms with van der Waals surface area (Å²) in [7, 11) is 0. The van der Waals surface area contributed by atoms with Crippen LogP contribution in [0.1, 0.15) is 77.6 Å². The Kier molecular flexibility index (Phi) is 4.37. The zero-order chi connectivity index (χ0) is 14.0. The SMILES string of the molecule is CCCCCC(=O)OCCC12CC3CC(CC(C3)C1)C2. The lowest BCUT2D eigenvalue weighted by molar-refractivity contribution is -0.146. The zero-order valence-corrected chi connectivity index (χ0v) is 13.0. The van der Waals surface area contributed by atoms with Crippen LogP contribution in [0.5, 0.6) is 0 Å². The van der Waals surface area contributed by atoms with Crippen molar-refractivity contribution in [3.63, 3.8) is 0 Å². The molecule has 4 rings (SSSR count). The van der Waals surface area contributed by atoms with Crippen molar-refractivity contribution in [3.05, 3.63) is 0 Å². The van der Waals surface area contributed by atoms with Crippen LogP contribution in [-0.2, 0) is 9.53 Å². The zero-order valence-electron chi connectivity index (χ0n) is 13.0. The quantitative estimate of drug-likeness (QED) is 0.497. The highest BCUT2D eigenvalue weighted by atomic mass is 16.5. The molecule has 0 amide bonds. The fraction of sp³-hybridized carbons (Fsp3) is 0.944. The van der Waals surface area contributed by atoms with Gasteiger partial charge in [0.05, 0.1) is 6.61 Å². The van der Waals surface area contributed by atoms with E-state index < -0.39 is 0 Å². The Labute approximate surface area is 123 Å². The first kappa shape index (κ1) is 14.4. The Morgan fingerprint density at radius 1 is 1.05 bits per heavy atom. The summed E-state index contributed by atoms with van der Waals surface area (Å²) in [4.78, 5) is 11.7. The molecular formula is C18H30O2. The van der Waals surface area contributed by atoms with Crippen LogP contribution in [0.4, 0.5) is 0 Å². The normalized spacial score (nSPS) is 38.1.